The highest BCUT2D eigenvalue weighted by Crippen LogP contribution is 2.35. The Morgan fingerprint density at radius 3 is 2.63 bits per heavy atom. The Bertz CT molecular complexity index is 1250. The first kappa shape index (κ1) is 23.2. The van der Waals surface area contributed by atoms with Crippen LogP contribution in [-0.4, -0.2) is 46.0 Å². The second-order valence-electron chi connectivity index (χ2n) is 8.94. The van der Waals surface area contributed by atoms with Crippen LogP contribution in [0.1, 0.15) is 69.2 Å². The third-order valence-corrected chi connectivity index (χ3v) is 7.84. The number of carbonyl (C=O) groups is 3. The Labute approximate surface area is 207 Å². The summed E-state index contributed by atoms with van der Waals surface area (Å²) in [6.07, 6.45) is 2.22. The number of rotatable bonds is 7. The molecule has 35 heavy (non-hydrogen) atoms. The highest BCUT2D eigenvalue weighted by Gasteiger charge is 2.40. The molecule has 0 bridgehead atoms. The summed E-state index contributed by atoms with van der Waals surface area (Å²) in [7, 11) is 0. The van der Waals surface area contributed by atoms with E-state index in [-0.39, 0.29) is 36.2 Å². The lowest BCUT2D eigenvalue weighted by atomic mass is 9.94. The SMILES string of the molecule is CC[C@H](NC(=O)C1CCN(c2cccc3c2C(=O)N(Cc2nonc2C)C3=O)CC1)c1cccs1. The normalized spacial score (nSPS) is 17.1. The van der Waals surface area contributed by atoms with Crippen LogP contribution in [0.15, 0.2) is 40.3 Å². The van der Waals surface area contributed by atoms with Gasteiger partial charge in [0.25, 0.3) is 11.8 Å². The van der Waals surface area contributed by atoms with Crippen molar-refractivity contribution < 1.29 is 19.0 Å². The quantitative estimate of drug-likeness (QED) is 0.500. The van der Waals surface area contributed by atoms with Gasteiger partial charge in [-0.2, -0.15) is 0 Å². The van der Waals surface area contributed by atoms with Crippen molar-refractivity contribution in [2.45, 2.75) is 45.7 Å². The van der Waals surface area contributed by atoms with Crippen LogP contribution in [-0.2, 0) is 11.3 Å². The van der Waals surface area contributed by atoms with Gasteiger partial charge in [0.1, 0.15) is 11.4 Å². The fourth-order valence-electron chi connectivity index (χ4n) is 4.80. The minimum atomic E-state index is -0.345. The van der Waals surface area contributed by atoms with Gasteiger partial charge in [-0.3, -0.25) is 19.3 Å². The number of thiophene rings is 1. The van der Waals surface area contributed by atoms with E-state index in [9.17, 15) is 14.4 Å². The Kier molecular flexibility index (Phi) is 6.38. The van der Waals surface area contributed by atoms with E-state index < -0.39 is 0 Å². The molecule has 2 aromatic heterocycles. The van der Waals surface area contributed by atoms with Gasteiger partial charge in [0.15, 0.2) is 0 Å². The monoisotopic (exact) mass is 493 g/mol. The molecule has 1 fully saturated rings. The number of nitrogens with zero attached hydrogens (tertiary/aromatic N) is 4. The molecule has 0 spiro atoms. The number of anilines is 1. The molecule has 1 aromatic carbocycles. The zero-order valence-electron chi connectivity index (χ0n) is 19.7. The van der Waals surface area contributed by atoms with Crippen LogP contribution in [0.4, 0.5) is 5.69 Å². The average Bonchev–Trinajstić information content (AvgIpc) is 3.61. The van der Waals surface area contributed by atoms with Crippen LogP contribution in [0.25, 0.3) is 0 Å². The second-order valence-corrected chi connectivity index (χ2v) is 9.92. The molecule has 0 aliphatic carbocycles. The van der Waals surface area contributed by atoms with Crippen molar-refractivity contribution in [2.24, 2.45) is 5.92 Å². The lowest BCUT2D eigenvalue weighted by Crippen LogP contribution is -2.42. The number of carbonyl (C=O) groups excluding carboxylic acids is 3. The largest absolute Gasteiger partial charge is 0.371 e. The third-order valence-electron chi connectivity index (χ3n) is 6.85. The average molecular weight is 494 g/mol. The number of aromatic nitrogens is 2. The molecule has 1 saturated heterocycles. The maximum Gasteiger partial charge on any atom is 0.264 e. The van der Waals surface area contributed by atoms with Crippen LogP contribution in [0.3, 0.4) is 0 Å². The van der Waals surface area contributed by atoms with Crippen molar-refractivity contribution in [3.05, 3.63) is 63.1 Å². The van der Waals surface area contributed by atoms with Gasteiger partial charge in [-0.1, -0.05) is 29.4 Å². The number of imide groups is 1. The molecule has 3 amide bonds. The lowest BCUT2D eigenvalue weighted by Gasteiger charge is -2.34. The van der Waals surface area contributed by atoms with Crippen LogP contribution in [0.2, 0.25) is 0 Å². The van der Waals surface area contributed by atoms with E-state index in [0.717, 1.165) is 12.1 Å². The Balaban J connectivity index is 1.27. The number of aryl methyl sites for hydroxylation is 1. The Hall–Kier alpha value is -3.53. The van der Waals surface area contributed by atoms with E-state index in [2.05, 4.69) is 33.5 Å². The summed E-state index contributed by atoms with van der Waals surface area (Å²) in [4.78, 5) is 43.7. The molecule has 9 nitrogen and oxygen atoms in total. The third kappa shape index (κ3) is 4.34. The molecule has 2 aliphatic rings. The van der Waals surface area contributed by atoms with Crippen molar-refractivity contribution in [3.8, 4) is 0 Å². The molecule has 0 saturated carbocycles. The van der Waals surface area contributed by atoms with E-state index in [0.29, 0.717) is 48.4 Å². The predicted molar refractivity (Wildman–Crippen MR) is 130 cm³/mol. The number of hydrogen-bond acceptors (Lipinski definition) is 8. The summed E-state index contributed by atoms with van der Waals surface area (Å²) in [6, 6.07) is 9.46. The molecule has 1 atom stereocenters. The first-order valence-electron chi connectivity index (χ1n) is 11.8. The number of piperidine rings is 1. The zero-order chi connectivity index (χ0) is 24.5. The van der Waals surface area contributed by atoms with E-state index in [1.807, 2.05) is 17.5 Å². The number of benzene rings is 1. The highest BCUT2D eigenvalue weighted by molar-refractivity contribution is 7.10. The van der Waals surface area contributed by atoms with E-state index in [1.54, 1.807) is 30.4 Å². The molecule has 4 heterocycles. The summed E-state index contributed by atoms with van der Waals surface area (Å²) in [6.45, 7) is 5.09. The lowest BCUT2D eigenvalue weighted by molar-refractivity contribution is -0.126. The molecule has 10 heteroatoms. The van der Waals surface area contributed by atoms with E-state index in [4.69, 9.17) is 4.63 Å². The van der Waals surface area contributed by atoms with Crippen molar-refractivity contribution in [1.29, 1.82) is 0 Å². The molecular weight excluding hydrogens is 466 g/mol. The van der Waals surface area contributed by atoms with Gasteiger partial charge in [-0.15, -0.1) is 11.3 Å². The van der Waals surface area contributed by atoms with Gasteiger partial charge < -0.3 is 10.2 Å². The van der Waals surface area contributed by atoms with Gasteiger partial charge in [0.05, 0.1) is 29.4 Å². The molecule has 0 unspecified atom stereocenters. The van der Waals surface area contributed by atoms with Crippen molar-refractivity contribution in [2.75, 3.05) is 18.0 Å². The summed E-state index contributed by atoms with van der Waals surface area (Å²) < 4.78 is 4.71. The molecule has 5 rings (SSSR count). The van der Waals surface area contributed by atoms with Gasteiger partial charge >= 0.3 is 0 Å². The van der Waals surface area contributed by atoms with Gasteiger partial charge in [-0.25, -0.2) is 4.63 Å². The van der Waals surface area contributed by atoms with Crippen LogP contribution in [0, 0.1) is 12.8 Å². The zero-order valence-corrected chi connectivity index (χ0v) is 20.5. The number of hydrogen-bond donors (Lipinski definition) is 1. The number of amides is 3. The molecular formula is C25H27N5O4S. The highest BCUT2D eigenvalue weighted by atomic mass is 32.1. The first-order valence-corrected chi connectivity index (χ1v) is 12.7. The molecule has 3 aromatic rings. The van der Waals surface area contributed by atoms with Crippen LogP contribution < -0.4 is 10.2 Å². The fraction of sp³-hybridized carbons (Fsp3) is 0.400. The topological polar surface area (TPSA) is 109 Å². The van der Waals surface area contributed by atoms with Gasteiger partial charge in [0, 0.05) is 23.9 Å². The van der Waals surface area contributed by atoms with Crippen LogP contribution >= 0.6 is 11.3 Å². The van der Waals surface area contributed by atoms with Gasteiger partial charge in [-0.05, 0) is 49.8 Å². The number of nitrogens with one attached hydrogen (secondary N) is 1. The minimum Gasteiger partial charge on any atom is -0.371 e. The standard InChI is InChI=1S/C25H27N5O4S/c1-3-18(21-8-5-13-35-21)26-23(31)16-9-11-29(12-10-16)20-7-4-6-17-22(20)25(33)30(24(17)32)14-19-15(2)27-34-28-19/h4-8,13,16,18H,3,9-12,14H2,1-2H3,(H,26,31)/t18-/m0/s1. The Morgan fingerprint density at radius 1 is 1.17 bits per heavy atom. The summed E-state index contributed by atoms with van der Waals surface area (Å²) in [5, 5.41) is 12.8. The molecule has 1 N–H and O–H groups in total. The first-order chi connectivity index (χ1) is 17.0. The van der Waals surface area contributed by atoms with Crippen molar-refractivity contribution >= 4 is 34.7 Å². The van der Waals surface area contributed by atoms with Crippen LogP contribution in [0.5, 0.6) is 0 Å². The van der Waals surface area contributed by atoms with Crippen molar-refractivity contribution in [1.82, 2.24) is 20.5 Å². The molecule has 2 aliphatic heterocycles. The minimum absolute atomic E-state index is 0.0200. The maximum absolute atomic E-state index is 13.3. The molecule has 182 valence electrons. The Morgan fingerprint density at radius 2 is 1.97 bits per heavy atom. The van der Waals surface area contributed by atoms with Gasteiger partial charge in [0.2, 0.25) is 5.91 Å². The van der Waals surface area contributed by atoms with E-state index >= 15 is 0 Å². The second kappa shape index (κ2) is 9.61. The fourth-order valence-corrected chi connectivity index (χ4v) is 5.66. The van der Waals surface area contributed by atoms with Crippen molar-refractivity contribution in [3.63, 3.8) is 0 Å². The summed E-state index contributed by atoms with van der Waals surface area (Å²) in [5.74, 6) is -0.682. The summed E-state index contributed by atoms with van der Waals surface area (Å²) >= 11 is 1.66. The number of fused-ring (bicyclic) bond motifs is 1. The predicted octanol–water partition coefficient (Wildman–Crippen LogP) is 3.72. The van der Waals surface area contributed by atoms with E-state index in [1.165, 1.54) is 9.78 Å². The summed E-state index contributed by atoms with van der Waals surface area (Å²) in [5.41, 5.74) is 2.55. The maximum atomic E-state index is 13.3. The smallest absolute Gasteiger partial charge is 0.264 e. The molecule has 0 radical (unpaired) electrons.